The molecule has 3 aromatic rings. The molecule has 0 fully saturated rings. The predicted molar refractivity (Wildman–Crippen MR) is 90.9 cm³/mol. The fraction of sp³-hybridized carbons (Fsp3) is 0.0556. The third-order valence-corrected chi connectivity index (χ3v) is 4.10. The minimum atomic E-state index is -0.457. The maximum absolute atomic E-state index is 11.2. The molecule has 0 unspecified atom stereocenters. The molecule has 0 saturated carbocycles. The standard InChI is InChI=1S/C18H14BrNO2/c19-16-10-13(18(20)21)8-9-17(16)22-11-14-6-3-5-12-4-1-2-7-15(12)14/h1-10H,11H2,(H2,20,21). The van der Waals surface area contributed by atoms with Crippen LogP contribution in [-0.2, 0) is 6.61 Å². The Morgan fingerprint density at radius 2 is 1.82 bits per heavy atom. The molecule has 1 amide bonds. The average molecular weight is 356 g/mol. The van der Waals surface area contributed by atoms with Gasteiger partial charge in [0.25, 0.3) is 0 Å². The van der Waals surface area contributed by atoms with Crippen molar-refractivity contribution in [1.29, 1.82) is 0 Å². The van der Waals surface area contributed by atoms with Crippen molar-refractivity contribution in [2.45, 2.75) is 6.61 Å². The topological polar surface area (TPSA) is 52.3 Å². The summed E-state index contributed by atoms with van der Waals surface area (Å²) in [7, 11) is 0. The molecule has 22 heavy (non-hydrogen) atoms. The van der Waals surface area contributed by atoms with Crippen LogP contribution in [0.1, 0.15) is 15.9 Å². The van der Waals surface area contributed by atoms with Gasteiger partial charge in [-0.15, -0.1) is 0 Å². The summed E-state index contributed by atoms with van der Waals surface area (Å²) in [4.78, 5) is 11.2. The lowest BCUT2D eigenvalue weighted by Gasteiger charge is -2.11. The fourth-order valence-electron chi connectivity index (χ4n) is 2.35. The summed E-state index contributed by atoms with van der Waals surface area (Å²) >= 11 is 3.41. The molecule has 2 N–H and O–H groups in total. The van der Waals surface area contributed by atoms with E-state index in [0.29, 0.717) is 22.4 Å². The number of carbonyl (C=O) groups excluding carboxylic acids is 1. The number of benzene rings is 3. The number of carbonyl (C=O) groups is 1. The predicted octanol–water partition coefficient (Wildman–Crippen LogP) is 4.28. The molecular weight excluding hydrogens is 342 g/mol. The number of ether oxygens (including phenoxy) is 1. The van der Waals surface area contributed by atoms with E-state index >= 15 is 0 Å². The maximum atomic E-state index is 11.2. The molecule has 0 bridgehead atoms. The third-order valence-electron chi connectivity index (χ3n) is 3.48. The highest BCUT2D eigenvalue weighted by Gasteiger charge is 2.07. The van der Waals surface area contributed by atoms with Crippen LogP contribution in [0.5, 0.6) is 5.75 Å². The van der Waals surface area contributed by atoms with E-state index in [1.807, 2.05) is 24.3 Å². The summed E-state index contributed by atoms with van der Waals surface area (Å²) in [5.74, 6) is 0.222. The molecule has 110 valence electrons. The van der Waals surface area contributed by atoms with E-state index in [-0.39, 0.29) is 0 Å². The first-order valence-corrected chi connectivity index (χ1v) is 7.63. The molecule has 3 aromatic carbocycles. The molecule has 0 heterocycles. The Labute approximate surface area is 136 Å². The van der Waals surface area contributed by atoms with Gasteiger partial charge in [0.05, 0.1) is 4.47 Å². The minimum absolute atomic E-state index is 0.449. The van der Waals surface area contributed by atoms with Crippen LogP contribution < -0.4 is 10.5 Å². The Kier molecular flexibility index (Phi) is 4.11. The van der Waals surface area contributed by atoms with Crippen molar-refractivity contribution in [3.63, 3.8) is 0 Å². The van der Waals surface area contributed by atoms with Crippen molar-refractivity contribution < 1.29 is 9.53 Å². The van der Waals surface area contributed by atoms with Gasteiger partial charge in [0, 0.05) is 5.56 Å². The maximum Gasteiger partial charge on any atom is 0.248 e. The van der Waals surface area contributed by atoms with Gasteiger partial charge in [0.1, 0.15) is 12.4 Å². The number of rotatable bonds is 4. The Morgan fingerprint density at radius 1 is 1.05 bits per heavy atom. The van der Waals surface area contributed by atoms with E-state index in [9.17, 15) is 4.79 Å². The van der Waals surface area contributed by atoms with Crippen LogP contribution in [0.2, 0.25) is 0 Å². The summed E-state index contributed by atoms with van der Waals surface area (Å²) in [6, 6.07) is 19.4. The van der Waals surface area contributed by atoms with Crippen molar-refractivity contribution in [2.24, 2.45) is 5.73 Å². The van der Waals surface area contributed by atoms with E-state index in [0.717, 1.165) is 5.56 Å². The molecule has 3 nitrogen and oxygen atoms in total. The van der Waals surface area contributed by atoms with Gasteiger partial charge < -0.3 is 10.5 Å². The molecule has 0 radical (unpaired) electrons. The van der Waals surface area contributed by atoms with E-state index in [4.69, 9.17) is 10.5 Å². The Bertz CT molecular complexity index is 840. The first kappa shape index (κ1) is 14.6. The second-order valence-corrected chi connectivity index (χ2v) is 5.79. The molecule has 4 heteroatoms. The SMILES string of the molecule is NC(=O)c1ccc(OCc2cccc3ccccc23)c(Br)c1. The summed E-state index contributed by atoms with van der Waals surface area (Å²) in [6.07, 6.45) is 0. The lowest BCUT2D eigenvalue weighted by atomic mass is 10.1. The van der Waals surface area contributed by atoms with Gasteiger partial charge in [-0.2, -0.15) is 0 Å². The second-order valence-electron chi connectivity index (χ2n) is 4.94. The summed E-state index contributed by atoms with van der Waals surface area (Å²) in [5, 5.41) is 2.36. The van der Waals surface area contributed by atoms with Crippen molar-refractivity contribution in [3.8, 4) is 5.75 Å². The lowest BCUT2D eigenvalue weighted by molar-refractivity contribution is 0.1000. The number of nitrogens with two attached hydrogens (primary N) is 1. The zero-order chi connectivity index (χ0) is 15.5. The Morgan fingerprint density at radius 3 is 2.59 bits per heavy atom. The quantitative estimate of drug-likeness (QED) is 0.759. The van der Waals surface area contributed by atoms with Crippen molar-refractivity contribution in [3.05, 3.63) is 76.3 Å². The first-order valence-electron chi connectivity index (χ1n) is 6.84. The third kappa shape index (κ3) is 2.97. The highest BCUT2D eigenvalue weighted by Crippen LogP contribution is 2.28. The monoisotopic (exact) mass is 355 g/mol. The van der Waals surface area contributed by atoms with Gasteiger partial charge in [-0.3, -0.25) is 4.79 Å². The van der Waals surface area contributed by atoms with Crippen molar-refractivity contribution in [2.75, 3.05) is 0 Å². The highest BCUT2D eigenvalue weighted by molar-refractivity contribution is 9.10. The summed E-state index contributed by atoms with van der Waals surface area (Å²) in [5.41, 5.74) is 6.82. The molecular formula is C18H14BrNO2. The lowest BCUT2D eigenvalue weighted by Crippen LogP contribution is -2.10. The highest BCUT2D eigenvalue weighted by atomic mass is 79.9. The molecule has 0 atom stereocenters. The molecule has 0 aliphatic heterocycles. The van der Waals surface area contributed by atoms with Crippen LogP contribution in [0.4, 0.5) is 0 Å². The van der Waals surface area contributed by atoms with Crippen LogP contribution >= 0.6 is 15.9 Å². The largest absolute Gasteiger partial charge is 0.488 e. The van der Waals surface area contributed by atoms with Crippen LogP contribution in [0, 0.1) is 0 Å². The second kappa shape index (κ2) is 6.20. The van der Waals surface area contributed by atoms with Crippen LogP contribution in [-0.4, -0.2) is 5.91 Å². The van der Waals surface area contributed by atoms with Crippen LogP contribution in [0.15, 0.2) is 65.1 Å². The number of halogens is 1. The first-order chi connectivity index (χ1) is 10.6. The van der Waals surface area contributed by atoms with Crippen molar-refractivity contribution in [1.82, 2.24) is 0 Å². The zero-order valence-corrected chi connectivity index (χ0v) is 13.3. The molecule has 0 aliphatic carbocycles. The van der Waals surface area contributed by atoms with Crippen LogP contribution in [0.3, 0.4) is 0 Å². The molecule has 0 spiro atoms. The smallest absolute Gasteiger partial charge is 0.248 e. The van der Waals surface area contributed by atoms with E-state index < -0.39 is 5.91 Å². The van der Waals surface area contributed by atoms with Gasteiger partial charge in [-0.1, -0.05) is 42.5 Å². The minimum Gasteiger partial charge on any atom is -0.488 e. The van der Waals surface area contributed by atoms with Gasteiger partial charge in [0.2, 0.25) is 5.91 Å². The van der Waals surface area contributed by atoms with E-state index in [1.165, 1.54) is 10.8 Å². The molecule has 0 aliphatic rings. The average Bonchev–Trinajstić information content (AvgIpc) is 2.53. The molecule has 0 saturated heterocycles. The number of primary amides is 1. The molecule has 0 aromatic heterocycles. The number of hydrogen-bond donors (Lipinski definition) is 1. The van der Waals surface area contributed by atoms with Gasteiger partial charge in [-0.05, 0) is 50.5 Å². The van der Waals surface area contributed by atoms with E-state index in [2.05, 4.69) is 34.1 Å². The van der Waals surface area contributed by atoms with Crippen LogP contribution in [0.25, 0.3) is 10.8 Å². The Balaban J connectivity index is 1.84. The van der Waals surface area contributed by atoms with Gasteiger partial charge in [-0.25, -0.2) is 0 Å². The van der Waals surface area contributed by atoms with Gasteiger partial charge in [0.15, 0.2) is 0 Å². The fourth-order valence-corrected chi connectivity index (χ4v) is 2.84. The summed E-state index contributed by atoms with van der Waals surface area (Å²) < 4.78 is 6.58. The van der Waals surface area contributed by atoms with E-state index in [1.54, 1.807) is 18.2 Å². The Hall–Kier alpha value is -2.33. The number of amides is 1. The summed E-state index contributed by atoms with van der Waals surface area (Å²) in [6.45, 7) is 0.454. The molecule has 3 rings (SSSR count). The normalized spacial score (nSPS) is 10.6. The number of hydrogen-bond acceptors (Lipinski definition) is 2. The zero-order valence-electron chi connectivity index (χ0n) is 11.8. The van der Waals surface area contributed by atoms with Gasteiger partial charge >= 0.3 is 0 Å². The van der Waals surface area contributed by atoms with Crippen molar-refractivity contribution >= 4 is 32.6 Å². The number of fused-ring (bicyclic) bond motifs is 1.